The zero-order valence-electron chi connectivity index (χ0n) is 19.9. The summed E-state index contributed by atoms with van der Waals surface area (Å²) in [6.45, 7) is 3.96. The molecule has 1 N–H and O–H groups in total. The molecule has 0 spiro atoms. The molecule has 6 rings (SSSR count). The van der Waals surface area contributed by atoms with Crippen LogP contribution in [0.1, 0.15) is 5.56 Å². The molecule has 170 valence electrons. The molecule has 0 unspecified atom stereocenters. The van der Waals surface area contributed by atoms with Gasteiger partial charge < -0.3 is 5.41 Å². The molecule has 6 aromatic carbocycles. The molecule has 0 aliphatic heterocycles. The summed E-state index contributed by atoms with van der Waals surface area (Å²) in [7, 11) is 0. The van der Waals surface area contributed by atoms with E-state index >= 15 is 0 Å². The SMILES string of the molecule is C=C/C(=C\C=N)c1cccc(-c2c3ccccc3c(-c3cccc4ccccc34)c3ccccc23)c1. The topological polar surface area (TPSA) is 23.9 Å². The molecule has 0 bridgehead atoms. The summed E-state index contributed by atoms with van der Waals surface area (Å²) in [6.07, 6.45) is 4.91. The van der Waals surface area contributed by atoms with Crippen LogP contribution in [0.3, 0.4) is 0 Å². The fourth-order valence-corrected chi connectivity index (χ4v) is 5.40. The van der Waals surface area contributed by atoms with Crippen LogP contribution in [0, 0.1) is 5.41 Å². The Kier molecular flexibility index (Phi) is 5.52. The predicted octanol–water partition coefficient (Wildman–Crippen LogP) is 9.70. The monoisotopic (exact) mass is 459 g/mol. The maximum absolute atomic E-state index is 7.53. The summed E-state index contributed by atoms with van der Waals surface area (Å²) in [5.41, 5.74) is 6.90. The van der Waals surface area contributed by atoms with Gasteiger partial charge in [-0.1, -0.05) is 122 Å². The third-order valence-corrected chi connectivity index (χ3v) is 6.96. The Hall–Kier alpha value is -4.75. The van der Waals surface area contributed by atoms with E-state index in [4.69, 9.17) is 5.41 Å². The van der Waals surface area contributed by atoms with Gasteiger partial charge >= 0.3 is 0 Å². The van der Waals surface area contributed by atoms with Crippen molar-refractivity contribution in [3.05, 3.63) is 140 Å². The molecular formula is C35H25N. The van der Waals surface area contributed by atoms with Gasteiger partial charge in [-0.15, -0.1) is 0 Å². The van der Waals surface area contributed by atoms with Gasteiger partial charge in [0.15, 0.2) is 0 Å². The zero-order chi connectivity index (χ0) is 24.5. The lowest BCUT2D eigenvalue weighted by molar-refractivity contribution is 1.57. The summed E-state index contributed by atoms with van der Waals surface area (Å²) in [4.78, 5) is 0. The van der Waals surface area contributed by atoms with Crippen LogP contribution in [0.2, 0.25) is 0 Å². The van der Waals surface area contributed by atoms with Crippen molar-refractivity contribution in [3.8, 4) is 22.3 Å². The van der Waals surface area contributed by atoms with Crippen molar-refractivity contribution in [1.82, 2.24) is 0 Å². The maximum atomic E-state index is 7.53. The second kappa shape index (κ2) is 9.13. The van der Waals surface area contributed by atoms with Crippen molar-refractivity contribution >= 4 is 44.1 Å². The van der Waals surface area contributed by atoms with Crippen LogP contribution >= 0.6 is 0 Å². The third kappa shape index (κ3) is 3.54. The first kappa shape index (κ1) is 21.8. The van der Waals surface area contributed by atoms with E-state index in [1.54, 1.807) is 6.08 Å². The highest BCUT2D eigenvalue weighted by atomic mass is 14.3. The van der Waals surface area contributed by atoms with Gasteiger partial charge in [-0.2, -0.15) is 0 Å². The maximum Gasteiger partial charge on any atom is 0.0183 e. The molecule has 0 aliphatic carbocycles. The fourth-order valence-electron chi connectivity index (χ4n) is 5.40. The lowest BCUT2D eigenvalue weighted by atomic mass is 9.84. The molecule has 6 aromatic rings. The Morgan fingerprint density at radius 3 is 1.78 bits per heavy atom. The van der Waals surface area contributed by atoms with Crippen LogP contribution in [-0.4, -0.2) is 6.21 Å². The second-order valence-electron chi connectivity index (χ2n) is 8.94. The lowest BCUT2D eigenvalue weighted by Crippen LogP contribution is -1.92. The molecule has 0 aliphatic rings. The molecule has 1 heteroatoms. The minimum Gasteiger partial charge on any atom is -0.309 e. The quantitative estimate of drug-likeness (QED) is 0.151. The Morgan fingerprint density at radius 2 is 1.14 bits per heavy atom. The molecular weight excluding hydrogens is 434 g/mol. The Balaban J connectivity index is 1.74. The van der Waals surface area contributed by atoms with Gasteiger partial charge in [0.1, 0.15) is 0 Å². The summed E-state index contributed by atoms with van der Waals surface area (Å²) in [5.74, 6) is 0. The summed E-state index contributed by atoms with van der Waals surface area (Å²) < 4.78 is 0. The van der Waals surface area contributed by atoms with E-state index in [9.17, 15) is 0 Å². The van der Waals surface area contributed by atoms with Crippen LogP contribution in [0.15, 0.2) is 134 Å². The van der Waals surface area contributed by atoms with Crippen LogP contribution in [0.4, 0.5) is 0 Å². The Bertz CT molecular complexity index is 1760. The summed E-state index contributed by atoms with van der Waals surface area (Å²) in [6, 6.07) is 41.3. The Labute approximate surface area is 211 Å². The van der Waals surface area contributed by atoms with E-state index in [1.165, 1.54) is 55.2 Å². The van der Waals surface area contributed by atoms with Gasteiger partial charge in [0.2, 0.25) is 0 Å². The highest BCUT2D eigenvalue weighted by Crippen LogP contribution is 2.45. The number of fused-ring (bicyclic) bond motifs is 3. The smallest absolute Gasteiger partial charge is 0.0183 e. The molecule has 0 saturated carbocycles. The second-order valence-corrected chi connectivity index (χ2v) is 8.94. The van der Waals surface area contributed by atoms with Crippen LogP contribution in [0.25, 0.3) is 60.1 Å². The van der Waals surface area contributed by atoms with Gasteiger partial charge in [0, 0.05) is 6.21 Å². The Morgan fingerprint density at radius 1 is 0.583 bits per heavy atom. The minimum atomic E-state index is 0.938. The fraction of sp³-hybridized carbons (Fsp3) is 0. The molecule has 1 nitrogen and oxygen atoms in total. The van der Waals surface area contributed by atoms with Crippen molar-refractivity contribution in [1.29, 1.82) is 5.41 Å². The average Bonchev–Trinajstić information content (AvgIpc) is 2.94. The van der Waals surface area contributed by atoms with E-state index in [2.05, 4.69) is 122 Å². The number of allylic oxidation sites excluding steroid dienone is 3. The third-order valence-electron chi connectivity index (χ3n) is 6.96. The van der Waals surface area contributed by atoms with E-state index < -0.39 is 0 Å². The first-order valence-corrected chi connectivity index (χ1v) is 12.2. The summed E-state index contributed by atoms with van der Waals surface area (Å²) >= 11 is 0. The highest BCUT2D eigenvalue weighted by molar-refractivity contribution is 6.23. The zero-order valence-corrected chi connectivity index (χ0v) is 19.9. The van der Waals surface area contributed by atoms with Gasteiger partial charge in [-0.3, -0.25) is 0 Å². The van der Waals surface area contributed by atoms with Crippen molar-refractivity contribution in [3.63, 3.8) is 0 Å². The van der Waals surface area contributed by atoms with E-state index in [0.29, 0.717) is 0 Å². The van der Waals surface area contributed by atoms with Crippen LogP contribution in [0.5, 0.6) is 0 Å². The number of hydrogen-bond donors (Lipinski definition) is 1. The van der Waals surface area contributed by atoms with E-state index in [0.717, 1.165) is 16.7 Å². The predicted molar refractivity (Wildman–Crippen MR) is 157 cm³/mol. The molecule has 0 radical (unpaired) electrons. The number of nitrogens with one attached hydrogen (secondary N) is 1. The summed E-state index contributed by atoms with van der Waals surface area (Å²) in [5, 5.41) is 15.0. The molecule has 0 heterocycles. The van der Waals surface area contributed by atoms with Crippen LogP contribution < -0.4 is 0 Å². The van der Waals surface area contributed by atoms with Crippen molar-refractivity contribution in [2.24, 2.45) is 0 Å². The van der Waals surface area contributed by atoms with Crippen molar-refractivity contribution in [2.45, 2.75) is 0 Å². The average molecular weight is 460 g/mol. The van der Waals surface area contributed by atoms with Gasteiger partial charge in [-0.25, -0.2) is 0 Å². The first-order valence-electron chi connectivity index (χ1n) is 12.2. The van der Waals surface area contributed by atoms with Gasteiger partial charge in [0.05, 0.1) is 0 Å². The molecule has 0 atom stereocenters. The van der Waals surface area contributed by atoms with Crippen molar-refractivity contribution < 1.29 is 0 Å². The standard InChI is InChI=1S/C35H25N/c1-2-24(21-22-36)26-13-9-14-27(23-26)34-30-16-5-7-18-32(30)35(33-19-8-6-17-31(33)34)29-20-10-12-25-11-3-4-15-28(25)29/h2-23,36H,1H2/b24-21+,36-22?. The minimum absolute atomic E-state index is 0.938. The number of benzene rings is 6. The molecule has 0 fully saturated rings. The highest BCUT2D eigenvalue weighted by Gasteiger charge is 2.17. The van der Waals surface area contributed by atoms with Crippen molar-refractivity contribution in [2.75, 3.05) is 0 Å². The number of rotatable bonds is 5. The van der Waals surface area contributed by atoms with E-state index in [-0.39, 0.29) is 0 Å². The number of hydrogen-bond acceptors (Lipinski definition) is 1. The lowest BCUT2D eigenvalue weighted by Gasteiger charge is -2.19. The molecule has 0 aromatic heterocycles. The normalized spacial score (nSPS) is 11.7. The van der Waals surface area contributed by atoms with E-state index in [1.807, 2.05) is 6.08 Å². The largest absolute Gasteiger partial charge is 0.309 e. The molecule has 0 saturated heterocycles. The van der Waals surface area contributed by atoms with Gasteiger partial charge in [0.25, 0.3) is 0 Å². The molecule has 36 heavy (non-hydrogen) atoms. The first-order chi connectivity index (χ1) is 17.8. The van der Waals surface area contributed by atoms with Gasteiger partial charge in [-0.05, 0) is 77.9 Å². The van der Waals surface area contributed by atoms with Crippen LogP contribution in [-0.2, 0) is 0 Å². The molecule has 0 amide bonds.